The first kappa shape index (κ1) is 17.4. The van der Waals surface area contributed by atoms with E-state index >= 15 is 0 Å². The van der Waals surface area contributed by atoms with E-state index in [1.165, 1.54) is 32.1 Å². The van der Waals surface area contributed by atoms with Crippen LogP contribution in [-0.2, 0) is 14.3 Å². The van der Waals surface area contributed by atoms with Crippen LogP contribution in [0.3, 0.4) is 0 Å². The van der Waals surface area contributed by atoms with Crippen LogP contribution in [0.25, 0.3) is 0 Å². The van der Waals surface area contributed by atoms with Crippen molar-refractivity contribution in [2.75, 3.05) is 26.3 Å². The summed E-state index contributed by atoms with van der Waals surface area (Å²) in [4.78, 5) is 15.1. The van der Waals surface area contributed by atoms with Crippen molar-refractivity contribution in [1.82, 2.24) is 4.90 Å². The molecule has 7 atom stereocenters. The lowest BCUT2D eigenvalue weighted by Crippen LogP contribution is -2.52. The number of piperidine rings is 1. The molecule has 3 aliphatic heterocycles. The molecule has 5 heteroatoms. The number of esters is 1. The van der Waals surface area contributed by atoms with E-state index in [0.717, 1.165) is 39.0 Å². The van der Waals surface area contributed by atoms with E-state index in [2.05, 4.69) is 11.8 Å². The van der Waals surface area contributed by atoms with Crippen molar-refractivity contribution in [2.45, 2.75) is 76.0 Å². The van der Waals surface area contributed by atoms with E-state index in [1.807, 2.05) is 0 Å². The highest BCUT2D eigenvalue weighted by atomic mass is 16.6. The quantitative estimate of drug-likeness (QED) is 0.616. The number of aliphatic hydroxyl groups is 1. The van der Waals surface area contributed by atoms with Gasteiger partial charge in [-0.15, -0.1) is 0 Å². The zero-order valence-corrected chi connectivity index (χ0v) is 16.0. The predicted molar refractivity (Wildman–Crippen MR) is 96.5 cm³/mol. The SMILES string of the molecule is C[C@]12CCC[C@]3(CO3)[C@H]1C[C@H]1[C@@H](C2)OC(=O)[C@@H]1CN1CCCC[C@@H]1CO. The Labute approximate surface area is 156 Å². The number of ether oxygens (including phenoxy) is 2. The Kier molecular flexibility index (Phi) is 4.15. The van der Waals surface area contributed by atoms with Crippen molar-refractivity contribution >= 4 is 5.97 Å². The van der Waals surface area contributed by atoms with Crippen LogP contribution in [0.15, 0.2) is 0 Å². The number of aliphatic hydroxyl groups excluding tert-OH is 1. The number of likely N-dealkylation sites (tertiary alicyclic amines) is 1. The van der Waals surface area contributed by atoms with Crippen molar-refractivity contribution in [3.8, 4) is 0 Å². The Morgan fingerprint density at radius 2 is 2.12 bits per heavy atom. The van der Waals surface area contributed by atoms with Crippen LogP contribution in [0.4, 0.5) is 0 Å². The summed E-state index contributed by atoms with van der Waals surface area (Å²) in [5.41, 5.74) is 0.386. The molecular formula is C21H33NO4. The van der Waals surface area contributed by atoms with Crippen molar-refractivity contribution in [3.63, 3.8) is 0 Å². The van der Waals surface area contributed by atoms with Gasteiger partial charge in [0.1, 0.15) is 6.10 Å². The second-order valence-electron chi connectivity index (χ2n) is 9.93. The molecule has 5 nitrogen and oxygen atoms in total. The lowest BCUT2D eigenvalue weighted by molar-refractivity contribution is -0.147. The molecule has 0 aromatic carbocycles. The number of hydrogen-bond acceptors (Lipinski definition) is 5. The Bertz CT molecular complexity index is 576. The fourth-order valence-corrected chi connectivity index (χ4v) is 6.93. The van der Waals surface area contributed by atoms with Gasteiger partial charge in [-0.05, 0) is 62.8 Å². The minimum atomic E-state index is -0.0190. The van der Waals surface area contributed by atoms with Crippen LogP contribution >= 0.6 is 0 Å². The lowest BCUT2D eigenvalue weighted by atomic mass is 9.53. The molecule has 0 amide bonds. The van der Waals surface area contributed by atoms with Gasteiger partial charge in [0.2, 0.25) is 0 Å². The van der Waals surface area contributed by atoms with Gasteiger partial charge in [0.05, 0.1) is 24.7 Å². The summed E-state index contributed by atoms with van der Waals surface area (Å²) < 4.78 is 11.9. The average Bonchev–Trinajstić information content (AvgIpc) is 3.33. The summed E-state index contributed by atoms with van der Waals surface area (Å²) in [6.45, 7) is 5.30. The minimum Gasteiger partial charge on any atom is -0.462 e. The molecule has 1 N–H and O–H groups in total. The van der Waals surface area contributed by atoms with Gasteiger partial charge in [0, 0.05) is 18.5 Å². The number of fused-ring (bicyclic) bond motifs is 3. The fraction of sp³-hybridized carbons (Fsp3) is 0.952. The van der Waals surface area contributed by atoms with Crippen molar-refractivity contribution in [2.24, 2.45) is 23.2 Å². The molecule has 3 heterocycles. The largest absolute Gasteiger partial charge is 0.462 e. The van der Waals surface area contributed by atoms with E-state index in [4.69, 9.17) is 9.47 Å². The second kappa shape index (κ2) is 6.18. The van der Waals surface area contributed by atoms with Crippen molar-refractivity contribution in [3.05, 3.63) is 0 Å². The minimum absolute atomic E-state index is 0.00951. The van der Waals surface area contributed by atoms with Gasteiger partial charge in [0.25, 0.3) is 0 Å². The van der Waals surface area contributed by atoms with Crippen LogP contribution in [0.5, 0.6) is 0 Å². The average molecular weight is 363 g/mol. The molecule has 5 aliphatic rings. The van der Waals surface area contributed by atoms with Crippen molar-refractivity contribution in [1.29, 1.82) is 0 Å². The maximum Gasteiger partial charge on any atom is 0.310 e. The van der Waals surface area contributed by atoms with E-state index in [-0.39, 0.29) is 41.7 Å². The number of hydrogen-bond donors (Lipinski definition) is 1. The smallest absolute Gasteiger partial charge is 0.310 e. The highest BCUT2D eigenvalue weighted by molar-refractivity contribution is 5.75. The topological polar surface area (TPSA) is 62.3 Å². The summed E-state index contributed by atoms with van der Waals surface area (Å²) in [6, 6.07) is 0.220. The summed E-state index contributed by atoms with van der Waals surface area (Å²) in [5, 5.41) is 9.72. The van der Waals surface area contributed by atoms with E-state index in [1.54, 1.807) is 0 Å². The first-order valence-corrected chi connectivity index (χ1v) is 10.7. The Morgan fingerprint density at radius 3 is 2.88 bits per heavy atom. The third-order valence-corrected chi connectivity index (χ3v) is 8.47. The molecule has 2 aliphatic carbocycles. The molecule has 26 heavy (non-hydrogen) atoms. The van der Waals surface area contributed by atoms with E-state index in [0.29, 0.717) is 11.8 Å². The molecule has 0 radical (unpaired) electrons. The zero-order valence-electron chi connectivity index (χ0n) is 16.0. The van der Waals surface area contributed by atoms with Gasteiger partial charge in [-0.3, -0.25) is 9.69 Å². The van der Waals surface area contributed by atoms with Crippen LogP contribution in [0.2, 0.25) is 0 Å². The molecule has 2 saturated carbocycles. The molecule has 0 aromatic heterocycles. The van der Waals surface area contributed by atoms with E-state index in [9.17, 15) is 9.90 Å². The number of carbonyl (C=O) groups excluding carboxylic acids is 1. The molecule has 5 fully saturated rings. The molecule has 146 valence electrons. The summed E-state index contributed by atoms with van der Waals surface area (Å²) in [6.07, 6.45) is 9.27. The molecular weight excluding hydrogens is 330 g/mol. The number of rotatable bonds is 3. The van der Waals surface area contributed by atoms with Crippen LogP contribution in [0, 0.1) is 23.2 Å². The van der Waals surface area contributed by atoms with Gasteiger partial charge >= 0.3 is 5.97 Å². The third-order valence-electron chi connectivity index (χ3n) is 8.47. The monoisotopic (exact) mass is 363 g/mol. The Hall–Kier alpha value is -0.650. The van der Waals surface area contributed by atoms with Crippen LogP contribution in [0.1, 0.15) is 58.3 Å². The summed E-state index contributed by atoms with van der Waals surface area (Å²) >= 11 is 0. The molecule has 0 aromatic rings. The molecule has 1 spiro atoms. The maximum absolute atomic E-state index is 12.8. The predicted octanol–water partition coefficient (Wildman–Crippen LogP) is 2.36. The standard InChI is InChI=1S/C21H33NO4/c1-20-6-4-7-21(13-25-21)18(20)9-15-16(19(24)26-17(15)10-20)11-22-8-3-2-5-14(22)12-23/h14-18,23H,2-13H2,1H3/t14-,15-,16-,17-,18+,20-,21+/m1/s1. The number of nitrogens with zero attached hydrogens (tertiary/aromatic N) is 1. The van der Waals surface area contributed by atoms with Gasteiger partial charge < -0.3 is 14.6 Å². The fourth-order valence-electron chi connectivity index (χ4n) is 6.93. The van der Waals surface area contributed by atoms with E-state index < -0.39 is 0 Å². The van der Waals surface area contributed by atoms with Crippen molar-refractivity contribution < 1.29 is 19.4 Å². The number of carbonyl (C=O) groups is 1. The van der Waals surface area contributed by atoms with Gasteiger partial charge in [-0.2, -0.15) is 0 Å². The summed E-state index contributed by atoms with van der Waals surface area (Å²) in [5.74, 6) is 0.905. The van der Waals surface area contributed by atoms with Gasteiger partial charge in [-0.25, -0.2) is 0 Å². The van der Waals surface area contributed by atoms with Crippen LogP contribution in [-0.4, -0.2) is 60.0 Å². The highest BCUT2D eigenvalue weighted by Gasteiger charge is 2.65. The first-order chi connectivity index (χ1) is 12.5. The third kappa shape index (κ3) is 2.65. The zero-order chi connectivity index (χ0) is 17.9. The second-order valence-corrected chi connectivity index (χ2v) is 9.93. The normalized spacial score (nSPS) is 51.0. The molecule has 0 unspecified atom stereocenters. The first-order valence-electron chi connectivity index (χ1n) is 10.7. The Balaban J connectivity index is 1.35. The maximum atomic E-state index is 12.8. The highest BCUT2D eigenvalue weighted by Crippen LogP contribution is 2.62. The lowest BCUT2D eigenvalue weighted by Gasteiger charge is -2.51. The number of epoxide rings is 1. The Morgan fingerprint density at radius 1 is 1.27 bits per heavy atom. The van der Waals surface area contributed by atoms with Gasteiger partial charge in [-0.1, -0.05) is 13.3 Å². The molecule has 3 saturated heterocycles. The van der Waals surface area contributed by atoms with Crippen LogP contribution < -0.4 is 0 Å². The summed E-state index contributed by atoms with van der Waals surface area (Å²) in [7, 11) is 0. The molecule has 0 bridgehead atoms. The molecule has 5 rings (SSSR count). The van der Waals surface area contributed by atoms with Gasteiger partial charge in [0.15, 0.2) is 0 Å².